The average Bonchev–Trinajstić information content (AvgIpc) is 2.29. The zero-order valence-corrected chi connectivity index (χ0v) is 12.9. The van der Waals surface area contributed by atoms with Crippen molar-refractivity contribution in [2.75, 3.05) is 6.54 Å². The first kappa shape index (κ1) is 16.4. The Kier molecular flexibility index (Phi) is 5.45. The molecule has 2 N–H and O–H groups in total. The number of alkyl carbamates (subject to hydrolysis) is 1. The third-order valence-corrected chi connectivity index (χ3v) is 2.64. The molecule has 0 radical (unpaired) electrons. The molecule has 0 bridgehead atoms. The molecule has 0 aliphatic carbocycles. The lowest BCUT2D eigenvalue weighted by molar-refractivity contribution is 0.0534. The van der Waals surface area contributed by atoms with E-state index in [-0.39, 0.29) is 5.75 Å². The highest BCUT2D eigenvalue weighted by atomic mass is 35.5. The predicted molar refractivity (Wildman–Crippen MR) is 81.1 cm³/mol. The van der Waals surface area contributed by atoms with Crippen molar-refractivity contribution in [3.05, 3.63) is 34.4 Å². The van der Waals surface area contributed by atoms with Gasteiger partial charge in [-0.3, -0.25) is 0 Å². The molecule has 1 rings (SSSR count). The Hall–Kier alpha value is -1.68. The number of hydrogen-bond donors (Lipinski definition) is 2. The first-order valence-electron chi connectivity index (χ1n) is 6.31. The Bertz CT molecular complexity index is 495. The fraction of sp³-hybridized carbons (Fsp3) is 0.400. The number of benzene rings is 1. The highest BCUT2D eigenvalue weighted by molar-refractivity contribution is 6.32. The molecule has 1 amide bonds. The summed E-state index contributed by atoms with van der Waals surface area (Å²) in [6, 6.07) is 3.47. The van der Waals surface area contributed by atoms with Gasteiger partial charge in [-0.05, 0) is 51.0 Å². The van der Waals surface area contributed by atoms with Crippen LogP contribution in [0.3, 0.4) is 0 Å². The summed E-state index contributed by atoms with van der Waals surface area (Å²) in [6.07, 6.45) is 3.14. The summed E-state index contributed by atoms with van der Waals surface area (Å²) >= 11 is 5.88. The van der Waals surface area contributed by atoms with Gasteiger partial charge in [-0.15, -0.1) is 0 Å². The molecule has 0 spiro atoms. The maximum absolute atomic E-state index is 11.4. The van der Waals surface area contributed by atoms with Gasteiger partial charge in [-0.1, -0.05) is 23.8 Å². The summed E-state index contributed by atoms with van der Waals surface area (Å²) in [5.74, 6) is 0.0932. The molecule has 0 fully saturated rings. The van der Waals surface area contributed by atoms with Crippen molar-refractivity contribution in [2.24, 2.45) is 0 Å². The molecule has 0 aliphatic rings. The van der Waals surface area contributed by atoms with E-state index in [0.717, 1.165) is 5.56 Å². The van der Waals surface area contributed by atoms with Crippen molar-refractivity contribution < 1.29 is 14.6 Å². The number of carbonyl (C=O) groups is 1. The largest absolute Gasteiger partial charge is 0.506 e. The van der Waals surface area contributed by atoms with E-state index in [0.29, 0.717) is 17.1 Å². The van der Waals surface area contributed by atoms with Crippen molar-refractivity contribution in [1.29, 1.82) is 0 Å². The Balaban J connectivity index is 2.52. The standard InChI is InChI=1S/C15H20ClNO3/c1-10-8-11(9-12(16)13(10)18)6-5-7-17-14(19)20-15(2,3)4/h5-6,8-9,18H,7H2,1-4H3,(H,17,19). The van der Waals surface area contributed by atoms with Crippen molar-refractivity contribution in [3.8, 4) is 5.75 Å². The molecule has 4 nitrogen and oxygen atoms in total. The van der Waals surface area contributed by atoms with Crippen LogP contribution in [0.2, 0.25) is 5.02 Å². The fourth-order valence-corrected chi connectivity index (χ4v) is 1.79. The van der Waals surface area contributed by atoms with Gasteiger partial charge in [-0.2, -0.15) is 0 Å². The van der Waals surface area contributed by atoms with Crippen LogP contribution < -0.4 is 5.32 Å². The van der Waals surface area contributed by atoms with Crippen LogP contribution in [0, 0.1) is 6.92 Å². The lowest BCUT2D eigenvalue weighted by Crippen LogP contribution is -2.32. The average molecular weight is 298 g/mol. The number of ether oxygens (including phenoxy) is 1. The molecule has 110 valence electrons. The molecule has 0 saturated carbocycles. The Labute approximate surface area is 124 Å². The van der Waals surface area contributed by atoms with Gasteiger partial charge in [0.25, 0.3) is 0 Å². The number of amides is 1. The van der Waals surface area contributed by atoms with Crippen LogP contribution in [-0.2, 0) is 4.74 Å². The number of phenolic OH excluding ortho intramolecular Hbond substituents is 1. The number of aryl methyl sites for hydroxylation is 1. The summed E-state index contributed by atoms with van der Waals surface area (Å²) in [5, 5.41) is 12.5. The van der Waals surface area contributed by atoms with Crippen LogP contribution in [0.4, 0.5) is 4.79 Å². The van der Waals surface area contributed by atoms with E-state index in [1.165, 1.54) is 0 Å². The normalized spacial score (nSPS) is 11.7. The quantitative estimate of drug-likeness (QED) is 0.890. The Morgan fingerprint density at radius 1 is 1.45 bits per heavy atom. The van der Waals surface area contributed by atoms with Crippen molar-refractivity contribution >= 4 is 23.8 Å². The van der Waals surface area contributed by atoms with Gasteiger partial charge in [-0.25, -0.2) is 4.79 Å². The predicted octanol–water partition coefficient (Wildman–Crippen LogP) is 3.89. The zero-order chi connectivity index (χ0) is 15.3. The first-order chi connectivity index (χ1) is 9.19. The summed E-state index contributed by atoms with van der Waals surface area (Å²) in [6.45, 7) is 7.56. The van der Waals surface area contributed by atoms with E-state index in [1.807, 2.05) is 32.9 Å². The number of phenols is 1. The maximum atomic E-state index is 11.4. The number of nitrogens with one attached hydrogen (secondary N) is 1. The highest BCUT2D eigenvalue weighted by Crippen LogP contribution is 2.28. The van der Waals surface area contributed by atoms with Crippen molar-refractivity contribution in [1.82, 2.24) is 5.32 Å². The van der Waals surface area contributed by atoms with Crippen molar-refractivity contribution in [3.63, 3.8) is 0 Å². The van der Waals surface area contributed by atoms with E-state index < -0.39 is 11.7 Å². The highest BCUT2D eigenvalue weighted by Gasteiger charge is 2.14. The summed E-state index contributed by atoms with van der Waals surface area (Å²) in [7, 11) is 0. The number of rotatable bonds is 3. The summed E-state index contributed by atoms with van der Waals surface area (Å²) < 4.78 is 5.11. The molecule has 1 aromatic carbocycles. The van der Waals surface area contributed by atoms with Gasteiger partial charge in [0.15, 0.2) is 0 Å². The Morgan fingerprint density at radius 3 is 2.65 bits per heavy atom. The van der Waals surface area contributed by atoms with E-state index in [1.54, 1.807) is 19.1 Å². The minimum atomic E-state index is -0.505. The monoisotopic (exact) mass is 297 g/mol. The SMILES string of the molecule is Cc1cc(C=CCNC(=O)OC(C)(C)C)cc(Cl)c1O. The van der Waals surface area contributed by atoms with Crippen LogP contribution in [0.15, 0.2) is 18.2 Å². The zero-order valence-electron chi connectivity index (χ0n) is 12.2. The second kappa shape index (κ2) is 6.66. The van der Waals surface area contributed by atoms with E-state index >= 15 is 0 Å². The second-order valence-electron chi connectivity index (χ2n) is 5.45. The van der Waals surface area contributed by atoms with Crippen LogP contribution >= 0.6 is 11.6 Å². The number of aromatic hydroxyl groups is 1. The van der Waals surface area contributed by atoms with Gasteiger partial charge in [0.05, 0.1) is 5.02 Å². The molecule has 0 aromatic heterocycles. The molecule has 20 heavy (non-hydrogen) atoms. The molecular formula is C15H20ClNO3. The summed E-state index contributed by atoms with van der Waals surface area (Å²) in [5.41, 5.74) is 1.06. The second-order valence-corrected chi connectivity index (χ2v) is 5.86. The topological polar surface area (TPSA) is 58.6 Å². The van der Waals surface area contributed by atoms with Crippen LogP contribution in [0.25, 0.3) is 6.08 Å². The van der Waals surface area contributed by atoms with Gasteiger partial charge in [0.2, 0.25) is 0 Å². The minimum Gasteiger partial charge on any atom is -0.506 e. The van der Waals surface area contributed by atoms with E-state index in [2.05, 4.69) is 5.32 Å². The third-order valence-electron chi connectivity index (χ3n) is 2.35. The minimum absolute atomic E-state index is 0.0932. The fourth-order valence-electron chi connectivity index (χ4n) is 1.51. The smallest absolute Gasteiger partial charge is 0.407 e. The van der Waals surface area contributed by atoms with Crippen LogP contribution in [0.1, 0.15) is 31.9 Å². The number of carbonyl (C=O) groups excluding carboxylic acids is 1. The van der Waals surface area contributed by atoms with Crippen molar-refractivity contribution in [2.45, 2.75) is 33.3 Å². The Morgan fingerprint density at radius 2 is 2.10 bits per heavy atom. The number of hydrogen-bond acceptors (Lipinski definition) is 3. The van der Waals surface area contributed by atoms with Gasteiger partial charge in [0.1, 0.15) is 11.4 Å². The molecule has 1 aromatic rings. The first-order valence-corrected chi connectivity index (χ1v) is 6.69. The molecule has 5 heteroatoms. The lowest BCUT2D eigenvalue weighted by Gasteiger charge is -2.19. The lowest BCUT2D eigenvalue weighted by atomic mass is 10.1. The van der Waals surface area contributed by atoms with E-state index in [4.69, 9.17) is 16.3 Å². The molecular weight excluding hydrogens is 278 g/mol. The molecule has 0 atom stereocenters. The molecule has 0 heterocycles. The van der Waals surface area contributed by atoms with Gasteiger partial charge in [0, 0.05) is 6.54 Å². The van der Waals surface area contributed by atoms with Gasteiger partial charge < -0.3 is 15.2 Å². The van der Waals surface area contributed by atoms with Crippen LogP contribution in [-0.4, -0.2) is 23.3 Å². The number of halogens is 1. The molecule has 0 saturated heterocycles. The van der Waals surface area contributed by atoms with Crippen LogP contribution in [0.5, 0.6) is 5.75 Å². The maximum Gasteiger partial charge on any atom is 0.407 e. The van der Waals surface area contributed by atoms with Gasteiger partial charge >= 0.3 is 6.09 Å². The van der Waals surface area contributed by atoms with E-state index in [9.17, 15) is 9.90 Å². The third kappa shape index (κ3) is 5.53. The summed E-state index contributed by atoms with van der Waals surface area (Å²) in [4.78, 5) is 11.4. The molecule has 0 unspecified atom stereocenters. The molecule has 0 aliphatic heterocycles.